The van der Waals surface area contributed by atoms with Crippen molar-refractivity contribution in [2.75, 3.05) is 0 Å². The maximum atomic E-state index is 12.3. The van der Waals surface area contributed by atoms with Gasteiger partial charge in [-0.05, 0) is 41.0 Å². The Labute approximate surface area is 172 Å². The van der Waals surface area contributed by atoms with Gasteiger partial charge in [0.05, 0.1) is 0 Å². The van der Waals surface area contributed by atoms with Gasteiger partial charge in [-0.25, -0.2) is 4.79 Å². The zero-order chi connectivity index (χ0) is 23.4. The van der Waals surface area contributed by atoms with Crippen LogP contribution >= 0.6 is 0 Å². The monoisotopic (exact) mass is 416 g/mol. The SMILES string of the molecule is CC(CC(C)(C)OC(=O)C(O)NC(C)(C)C)C(=O)C(=O)C(O)NC(=O)C(C)(C)C. The van der Waals surface area contributed by atoms with Crippen LogP contribution in [0.5, 0.6) is 0 Å². The van der Waals surface area contributed by atoms with Crippen molar-refractivity contribution in [1.82, 2.24) is 10.6 Å². The molecule has 0 radical (unpaired) electrons. The van der Waals surface area contributed by atoms with Crippen molar-refractivity contribution < 1.29 is 34.1 Å². The predicted molar refractivity (Wildman–Crippen MR) is 106 cm³/mol. The Hall–Kier alpha value is -1.84. The Balaban J connectivity index is 4.92. The van der Waals surface area contributed by atoms with Gasteiger partial charge in [0.15, 0.2) is 6.23 Å². The van der Waals surface area contributed by atoms with E-state index in [0.717, 1.165) is 0 Å². The van der Waals surface area contributed by atoms with Gasteiger partial charge in [-0.2, -0.15) is 0 Å². The van der Waals surface area contributed by atoms with Gasteiger partial charge in [0.2, 0.25) is 23.7 Å². The lowest BCUT2D eigenvalue weighted by Gasteiger charge is -2.30. The molecular weight excluding hydrogens is 380 g/mol. The molecule has 0 heterocycles. The summed E-state index contributed by atoms with van der Waals surface area (Å²) < 4.78 is 5.27. The zero-order valence-corrected chi connectivity index (χ0v) is 18.9. The predicted octanol–water partition coefficient (Wildman–Crippen LogP) is 0.660. The minimum absolute atomic E-state index is 0.0223. The molecule has 0 aromatic heterocycles. The molecule has 0 bridgehead atoms. The Kier molecular flexibility index (Phi) is 9.15. The molecule has 0 aliphatic rings. The molecule has 4 N–H and O–H groups in total. The molecule has 1 amide bonds. The van der Waals surface area contributed by atoms with E-state index in [2.05, 4.69) is 10.6 Å². The van der Waals surface area contributed by atoms with E-state index in [1.165, 1.54) is 6.92 Å². The molecule has 0 aliphatic heterocycles. The lowest BCUT2D eigenvalue weighted by Crippen LogP contribution is -2.50. The molecule has 3 unspecified atom stereocenters. The van der Waals surface area contributed by atoms with Crippen LogP contribution in [0.4, 0.5) is 0 Å². The van der Waals surface area contributed by atoms with Gasteiger partial charge in [0.25, 0.3) is 0 Å². The van der Waals surface area contributed by atoms with E-state index >= 15 is 0 Å². The number of hydrogen-bond acceptors (Lipinski definition) is 8. The number of rotatable bonds is 9. The number of ketones is 2. The van der Waals surface area contributed by atoms with Crippen molar-refractivity contribution in [2.45, 2.75) is 92.3 Å². The Bertz CT molecular complexity index is 630. The van der Waals surface area contributed by atoms with Crippen LogP contribution in [-0.2, 0) is 23.9 Å². The van der Waals surface area contributed by atoms with E-state index in [1.807, 2.05) is 0 Å². The van der Waals surface area contributed by atoms with Gasteiger partial charge in [0, 0.05) is 16.9 Å². The Morgan fingerprint density at radius 1 is 0.862 bits per heavy atom. The molecule has 0 saturated heterocycles. The number of aliphatic hydroxyl groups excluding tert-OH is 2. The van der Waals surface area contributed by atoms with Crippen molar-refractivity contribution >= 4 is 23.4 Å². The van der Waals surface area contributed by atoms with Gasteiger partial charge in [0.1, 0.15) is 5.60 Å². The number of nitrogens with one attached hydrogen (secondary N) is 2. The summed E-state index contributed by atoms with van der Waals surface area (Å²) in [5, 5.41) is 24.5. The summed E-state index contributed by atoms with van der Waals surface area (Å²) in [4.78, 5) is 48.4. The number of aliphatic hydroxyl groups is 2. The average Bonchev–Trinajstić information content (AvgIpc) is 2.49. The van der Waals surface area contributed by atoms with Crippen LogP contribution in [0.2, 0.25) is 0 Å². The normalized spacial score (nSPS) is 15.8. The highest BCUT2D eigenvalue weighted by molar-refractivity contribution is 6.39. The number of carbonyl (C=O) groups is 4. The largest absolute Gasteiger partial charge is 0.457 e. The standard InChI is InChI=1S/C20H36N2O7/c1-11(12(23)13(24)14(25)21-17(28)18(2,3)4)10-20(8,9)29-16(27)15(26)22-19(5,6)7/h11,14-15,22,25-26H,10H2,1-9H3,(H,21,28). The second kappa shape index (κ2) is 9.77. The highest BCUT2D eigenvalue weighted by Crippen LogP contribution is 2.22. The average molecular weight is 417 g/mol. The summed E-state index contributed by atoms with van der Waals surface area (Å²) in [6, 6.07) is 0. The molecule has 9 heteroatoms. The lowest BCUT2D eigenvalue weighted by molar-refractivity contribution is -0.171. The van der Waals surface area contributed by atoms with Crippen molar-refractivity contribution in [3.8, 4) is 0 Å². The van der Waals surface area contributed by atoms with Crippen molar-refractivity contribution in [1.29, 1.82) is 0 Å². The first-order chi connectivity index (χ1) is 12.8. The van der Waals surface area contributed by atoms with Crippen molar-refractivity contribution in [3.05, 3.63) is 0 Å². The maximum Gasteiger partial charge on any atom is 0.350 e. The second-order valence-corrected chi connectivity index (χ2v) is 9.94. The highest BCUT2D eigenvalue weighted by atomic mass is 16.6. The lowest BCUT2D eigenvalue weighted by atomic mass is 9.89. The van der Waals surface area contributed by atoms with Crippen LogP contribution in [0, 0.1) is 11.3 Å². The van der Waals surface area contributed by atoms with Crippen LogP contribution < -0.4 is 10.6 Å². The third kappa shape index (κ3) is 9.96. The van der Waals surface area contributed by atoms with Crippen molar-refractivity contribution in [2.24, 2.45) is 11.3 Å². The summed E-state index contributed by atoms with van der Waals surface area (Å²) in [7, 11) is 0. The summed E-state index contributed by atoms with van der Waals surface area (Å²) in [6.45, 7) is 14.6. The molecule has 0 saturated carbocycles. The van der Waals surface area contributed by atoms with Gasteiger partial charge in [-0.3, -0.25) is 19.7 Å². The molecule has 29 heavy (non-hydrogen) atoms. The quantitative estimate of drug-likeness (QED) is 0.244. The fourth-order valence-corrected chi connectivity index (χ4v) is 2.45. The first kappa shape index (κ1) is 27.2. The summed E-state index contributed by atoms with van der Waals surface area (Å²) in [6.07, 6.45) is -3.51. The zero-order valence-electron chi connectivity index (χ0n) is 18.9. The van der Waals surface area contributed by atoms with E-state index in [-0.39, 0.29) is 6.42 Å². The smallest absolute Gasteiger partial charge is 0.350 e. The molecule has 0 rings (SSSR count). The number of Topliss-reactive ketones (excluding diaryl/α,β-unsaturated/α-hetero) is 2. The van der Waals surface area contributed by atoms with Gasteiger partial charge in [-0.15, -0.1) is 0 Å². The van der Waals surface area contributed by atoms with E-state index in [0.29, 0.717) is 0 Å². The van der Waals surface area contributed by atoms with Crippen LogP contribution in [-0.4, -0.2) is 57.3 Å². The molecule has 0 aromatic rings. The molecule has 0 aromatic carbocycles. The fraction of sp³-hybridized carbons (Fsp3) is 0.800. The molecule has 168 valence electrons. The van der Waals surface area contributed by atoms with Crippen LogP contribution in [0.25, 0.3) is 0 Å². The summed E-state index contributed by atoms with van der Waals surface area (Å²) in [5.41, 5.74) is -2.52. The van der Waals surface area contributed by atoms with Crippen LogP contribution in [0.1, 0.15) is 68.7 Å². The van der Waals surface area contributed by atoms with Gasteiger partial charge < -0.3 is 20.3 Å². The Morgan fingerprint density at radius 2 is 1.34 bits per heavy atom. The summed E-state index contributed by atoms with van der Waals surface area (Å²) >= 11 is 0. The molecule has 0 spiro atoms. The van der Waals surface area contributed by atoms with E-state index in [1.54, 1.807) is 55.4 Å². The van der Waals surface area contributed by atoms with Crippen LogP contribution in [0.15, 0.2) is 0 Å². The number of ether oxygens (including phenoxy) is 1. The van der Waals surface area contributed by atoms with Gasteiger partial charge in [-0.1, -0.05) is 27.7 Å². The highest BCUT2D eigenvalue weighted by Gasteiger charge is 2.36. The minimum Gasteiger partial charge on any atom is -0.457 e. The number of carbonyl (C=O) groups excluding carboxylic acids is 4. The maximum absolute atomic E-state index is 12.3. The topological polar surface area (TPSA) is 142 Å². The molecule has 0 fully saturated rings. The van der Waals surface area contributed by atoms with Crippen LogP contribution in [0.3, 0.4) is 0 Å². The van der Waals surface area contributed by atoms with E-state index in [4.69, 9.17) is 4.74 Å². The third-order valence-corrected chi connectivity index (χ3v) is 3.86. The third-order valence-electron chi connectivity index (χ3n) is 3.86. The number of hydrogen-bond donors (Lipinski definition) is 4. The molecule has 0 aliphatic carbocycles. The van der Waals surface area contributed by atoms with Gasteiger partial charge >= 0.3 is 5.97 Å². The van der Waals surface area contributed by atoms with E-state index < -0.39 is 58.4 Å². The van der Waals surface area contributed by atoms with E-state index in [9.17, 15) is 29.4 Å². The first-order valence-corrected chi connectivity index (χ1v) is 9.52. The summed E-state index contributed by atoms with van der Waals surface area (Å²) in [5.74, 6) is -4.42. The minimum atomic E-state index is -1.94. The molecular formula is C20H36N2O7. The first-order valence-electron chi connectivity index (χ1n) is 9.52. The number of amides is 1. The molecule has 3 atom stereocenters. The second-order valence-electron chi connectivity index (χ2n) is 9.94. The van der Waals surface area contributed by atoms with Crippen molar-refractivity contribution in [3.63, 3.8) is 0 Å². The Morgan fingerprint density at radius 3 is 1.76 bits per heavy atom. The fourth-order valence-electron chi connectivity index (χ4n) is 2.45. The number of esters is 1. The molecule has 9 nitrogen and oxygen atoms in total.